The van der Waals surface area contributed by atoms with Gasteiger partial charge in [-0.25, -0.2) is 0 Å². The molecule has 94 valence electrons. The Labute approximate surface area is 96.2 Å². The molecule has 2 unspecified atom stereocenters. The maximum Gasteiger partial charge on any atom is 0.303 e. The van der Waals surface area contributed by atoms with E-state index in [2.05, 4.69) is 5.32 Å². The van der Waals surface area contributed by atoms with Crippen molar-refractivity contribution in [1.29, 1.82) is 0 Å². The molecule has 0 bridgehead atoms. The van der Waals surface area contributed by atoms with Crippen molar-refractivity contribution in [3.8, 4) is 0 Å². The number of carboxylic acids is 1. The standard InChI is InChI=1S/C11H21NO4/c1-8(7-16-3)6-10(13)12-9(2)4-5-11(14)15/h8-9H,4-7H2,1-3H3,(H,12,13)(H,14,15). The summed E-state index contributed by atoms with van der Waals surface area (Å²) in [5.41, 5.74) is 0. The Balaban J connectivity index is 3.73. The van der Waals surface area contributed by atoms with E-state index in [9.17, 15) is 9.59 Å². The molecule has 16 heavy (non-hydrogen) atoms. The lowest BCUT2D eigenvalue weighted by molar-refractivity contribution is -0.137. The van der Waals surface area contributed by atoms with Gasteiger partial charge in [-0.05, 0) is 19.3 Å². The number of ether oxygens (including phenoxy) is 1. The first-order valence-electron chi connectivity index (χ1n) is 5.45. The maximum atomic E-state index is 11.5. The number of carbonyl (C=O) groups excluding carboxylic acids is 1. The Morgan fingerprint density at radius 3 is 2.50 bits per heavy atom. The van der Waals surface area contributed by atoms with Crippen molar-refractivity contribution in [2.45, 2.75) is 39.2 Å². The molecule has 0 radical (unpaired) electrons. The number of carbonyl (C=O) groups is 2. The van der Waals surface area contributed by atoms with Crippen LogP contribution in [0.5, 0.6) is 0 Å². The lowest BCUT2D eigenvalue weighted by Crippen LogP contribution is -2.34. The summed E-state index contributed by atoms with van der Waals surface area (Å²) < 4.78 is 4.93. The van der Waals surface area contributed by atoms with Crippen LogP contribution in [-0.2, 0) is 14.3 Å². The quantitative estimate of drug-likeness (QED) is 0.654. The zero-order valence-corrected chi connectivity index (χ0v) is 10.2. The summed E-state index contributed by atoms with van der Waals surface area (Å²) >= 11 is 0. The number of nitrogens with one attached hydrogen (secondary N) is 1. The third kappa shape index (κ3) is 8.23. The Hall–Kier alpha value is -1.10. The minimum Gasteiger partial charge on any atom is -0.481 e. The maximum absolute atomic E-state index is 11.5. The van der Waals surface area contributed by atoms with Crippen LogP contribution < -0.4 is 5.32 Å². The zero-order valence-electron chi connectivity index (χ0n) is 10.2. The Kier molecular flexibility index (Phi) is 7.54. The predicted molar refractivity (Wildman–Crippen MR) is 60.1 cm³/mol. The molecule has 1 amide bonds. The first kappa shape index (κ1) is 14.9. The molecule has 0 rings (SSSR count). The van der Waals surface area contributed by atoms with Crippen molar-refractivity contribution in [1.82, 2.24) is 5.32 Å². The number of hydrogen-bond donors (Lipinski definition) is 2. The summed E-state index contributed by atoms with van der Waals surface area (Å²) in [4.78, 5) is 21.8. The average Bonchev–Trinajstić information content (AvgIpc) is 2.14. The molecule has 2 atom stereocenters. The number of rotatable bonds is 8. The van der Waals surface area contributed by atoms with E-state index in [4.69, 9.17) is 9.84 Å². The Morgan fingerprint density at radius 2 is 2.00 bits per heavy atom. The number of aliphatic carboxylic acids is 1. The van der Waals surface area contributed by atoms with Crippen LogP contribution in [0, 0.1) is 5.92 Å². The number of amides is 1. The molecule has 0 spiro atoms. The molecule has 0 aliphatic rings. The molecule has 0 aromatic rings. The second kappa shape index (κ2) is 8.10. The van der Waals surface area contributed by atoms with Crippen LogP contribution in [0.25, 0.3) is 0 Å². The fourth-order valence-corrected chi connectivity index (χ4v) is 1.41. The third-order valence-corrected chi connectivity index (χ3v) is 2.18. The molecule has 0 aliphatic heterocycles. The van der Waals surface area contributed by atoms with Gasteiger partial charge in [-0.1, -0.05) is 6.92 Å². The van der Waals surface area contributed by atoms with Crippen molar-refractivity contribution >= 4 is 11.9 Å². The summed E-state index contributed by atoms with van der Waals surface area (Å²) in [5.74, 6) is -0.715. The second-order valence-electron chi connectivity index (χ2n) is 4.17. The van der Waals surface area contributed by atoms with Gasteiger partial charge in [0, 0.05) is 32.6 Å². The minimum absolute atomic E-state index is 0.0533. The van der Waals surface area contributed by atoms with E-state index in [1.807, 2.05) is 13.8 Å². The first-order chi connectivity index (χ1) is 7.45. The van der Waals surface area contributed by atoms with Crippen molar-refractivity contribution in [2.75, 3.05) is 13.7 Å². The highest BCUT2D eigenvalue weighted by Gasteiger charge is 2.12. The Bertz CT molecular complexity index is 230. The number of methoxy groups -OCH3 is 1. The molecule has 0 saturated heterocycles. The van der Waals surface area contributed by atoms with Gasteiger partial charge in [0.1, 0.15) is 0 Å². The van der Waals surface area contributed by atoms with Crippen molar-refractivity contribution < 1.29 is 19.4 Å². The molecule has 5 nitrogen and oxygen atoms in total. The van der Waals surface area contributed by atoms with Gasteiger partial charge in [-0.2, -0.15) is 0 Å². The Morgan fingerprint density at radius 1 is 1.38 bits per heavy atom. The van der Waals surface area contributed by atoms with E-state index < -0.39 is 5.97 Å². The van der Waals surface area contributed by atoms with Gasteiger partial charge >= 0.3 is 5.97 Å². The molecule has 0 fully saturated rings. The molecule has 0 aromatic carbocycles. The van der Waals surface area contributed by atoms with Gasteiger partial charge in [0.25, 0.3) is 0 Å². The smallest absolute Gasteiger partial charge is 0.303 e. The molecule has 0 aromatic heterocycles. The van der Waals surface area contributed by atoms with Crippen LogP contribution in [0.1, 0.15) is 33.1 Å². The average molecular weight is 231 g/mol. The van der Waals surface area contributed by atoms with Crippen LogP contribution >= 0.6 is 0 Å². The predicted octanol–water partition coefficient (Wildman–Crippen LogP) is 1.03. The van der Waals surface area contributed by atoms with E-state index in [1.54, 1.807) is 7.11 Å². The van der Waals surface area contributed by atoms with Crippen LogP contribution in [0.4, 0.5) is 0 Å². The minimum atomic E-state index is -0.839. The second-order valence-corrected chi connectivity index (χ2v) is 4.17. The summed E-state index contributed by atoms with van der Waals surface area (Å²) in [7, 11) is 1.60. The topological polar surface area (TPSA) is 75.6 Å². The van der Waals surface area contributed by atoms with Crippen LogP contribution in [0.15, 0.2) is 0 Å². The lowest BCUT2D eigenvalue weighted by atomic mass is 10.1. The highest BCUT2D eigenvalue weighted by atomic mass is 16.5. The van der Waals surface area contributed by atoms with Gasteiger partial charge in [0.15, 0.2) is 0 Å². The first-order valence-corrected chi connectivity index (χ1v) is 5.45. The molecule has 5 heteroatoms. The molecular formula is C11H21NO4. The van der Waals surface area contributed by atoms with Gasteiger partial charge in [0.2, 0.25) is 5.91 Å². The van der Waals surface area contributed by atoms with E-state index in [-0.39, 0.29) is 24.3 Å². The largest absolute Gasteiger partial charge is 0.481 e. The molecule has 0 aliphatic carbocycles. The lowest BCUT2D eigenvalue weighted by Gasteiger charge is -2.15. The number of carboxylic acid groups (broad SMARTS) is 1. The normalized spacial score (nSPS) is 14.2. The van der Waals surface area contributed by atoms with Crippen LogP contribution in [0.3, 0.4) is 0 Å². The van der Waals surface area contributed by atoms with Crippen LogP contribution in [-0.4, -0.2) is 36.7 Å². The molecule has 0 heterocycles. The van der Waals surface area contributed by atoms with E-state index in [0.29, 0.717) is 19.4 Å². The third-order valence-electron chi connectivity index (χ3n) is 2.18. The van der Waals surface area contributed by atoms with Crippen molar-refractivity contribution in [2.24, 2.45) is 5.92 Å². The molecule has 0 saturated carbocycles. The fourth-order valence-electron chi connectivity index (χ4n) is 1.41. The van der Waals surface area contributed by atoms with E-state index in [1.165, 1.54) is 0 Å². The highest BCUT2D eigenvalue weighted by molar-refractivity contribution is 5.76. The summed E-state index contributed by atoms with van der Waals surface area (Å²) in [6.07, 6.45) is 0.944. The van der Waals surface area contributed by atoms with Gasteiger partial charge < -0.3 is 15.2 Å². The zero-order chi connectivity index (χ0) is 12.6. The van der Waals surface area contributed by atoms with E-state index in [0.717, 1.165) is 0 Å². The highest BCUT2D eigenvalue weighted by Crippen LogP contribution is 2.03. The molecule has 2 N–H and O–H groups in total. The monoisotopic (exact) mass is 231 g/mol. The van der Waals surface area contributed by atoms with Crippen molar-refractivity contribution in [3.05, 3.63) is 0 Å². The fraction of sp³-hybridized carbons (Fsp3) is 0.818. The van der Waals surface area contributed by atoms with Gasteiger partial charge in [0.05, 0.1) is 0 Å². The SMILES string of the molecule is COCC(C)CC(=O)NC(C)CCC(=O)O. The summed E-state index contributed by atoms with van der Waals surface area (Å²) in [6, 6.07) is -0.0988. The number of hydrogen-bond acceptors (Lipinski definition) is 3. The summed E-state index contributed by atoms with van der Waals surface area (Å²) in [6.45, 7) is 4.30. The van der Waals surface area contributed by atoms with Crippen molar-refractivity contribution in [3.63, 3.8) is 0 Å². The van der Waals surface area contributed by atoms with E-state index >= 15 is 0 Å². The molecular weight excluding hydrogens is 210 g/mol. The summed E-state index contributed by atoms with van der Waals surface area (Å²) in [5, 5.41) is 11.2. The van der Waals surface area contributed by atoms with Gasteiger partial charge in [-0.15, -0.1) is 0 Å². The van der Waals surface area contributed by atoms with Gasteiger partial charge in [-0.3, -0.25) is 9.59 Å². The van der Waals surface area contributed by atoms with Crippen LogP contribution in [0.2, 0.25) is 0 Å².